The first-order valence-electron chi connectivity index (χ1n) is 8.54. The number of aromatic nitrogens is 1. The Hall–Kier alpha value is -3.83. The fourth-order valence-electron chi connectivity index (χ4n) is 2.43. The number of fused-ring (bicyclic) bond motifs is 1. The molecule has 1 amide bonds. The molecule has 9 nitrogen and oxygen atoms in total. The van der Waals surface area contributed by atoms with Gasteiger partial charge in [0.1, 0.15) is 0 Å². The first-order valence-corrected chi connectivity index (χ1v) is 10.2. The number of thiazole rings is 1. The highest BCUT2D eigenvalue weighted by Gasteiger charge is 2.11. The van der Waals surface area contributed by atoms with Gasteiger partial charge in [0.15, 0.2) is 0 Å². The van der Waals surface area contributed by atoms with Gasteiger partial charge in [0, 0.05) is 17.7 Å². The maximum Gasteiger partial charge on any atom is 0.271 e. The van der Waals surface area contributed by atoms with Crippen LogP contribution in [0.25, 0.3) is 10.2 Å². The Bertz CT molecular complexity index is 1230. The number of thiophene rings is 1. The molecule has 0 atom stereocenters. The normalized spacial score (nSPS) is 11.8. The van der Waals surface area contributed by atoms with Crippen molar-refractivity contribution in [1.82, 2.24) is 10.4 Å². The number of non-ortho nitro benzene ring substituents is 1. The van der Waals surface area contributed by atoms with Gasteiger partial charge in [-0.15, -0.1) is 26.7 Å². The average molecular weight is 436 g/mol. The van der Waals surface area contributed by atoms with Gasteiger partial charge < -0.3 is 0 Å². The van der Waals surface area contributed by atoms with E-state index in [4.69, 9.17) is 0 Å². The molecule has 0 aliphatic carbocycles. The number of carbonyl (C=O) groups is 1. The Labute approximate surface area is 177 Å². The van der Waals surface area contributed by atoms with Gasteiger partial charge in [0.05, 0.1) is 20.0 Å². The Morgan fingerprint density at radius 2 is 1.87 bits per heavy atom. The number of carbonyl (C=O) groups excluding carboxylic acids is 1. The first-order chi connectivity index (χ1) is 14.6. The lowest BCUT2D eigenvalue weighted by molar-refractivity contribution is -0.384. The zero-order valence-electron chi connectivity index (χ0n) is 15.1. The van der Waals surface area contributed by atoms with Crippen LogP contribution in [-0.4, -0.2) is 21.7 Å². The lowest BCUT2D eigenvalue weighted by Gasteiger charge is -2.01. The van der Waals surface area contributed by atoms with Gasteiger partial charge in [-0.3, -0.25) is 14.9 Å². The van der Waals surface area contributed by atoms with E-state index in [0.717, 1.165) is 10.2 Å². The van der Waals surface area contributed by atoms with Crippen molar-refractivity contribution in [2.45, 2.75) is 0 Å². The van der Waals surface area contributed by atoms with E-state index in [2.05, 4.69) is 25.7 Å². The van der Waals surface area contributed by atoms with Crippen LogP contribution >= 0.6 is 22.7 Å². The molecule has 0 radical (unpaired) electrons. The number of hydrogen-bond acceptors (Lipinski definition) is 8. The summed E-state index contributed by atoms with van der Waals surface area (Å²) in [6.45, 7) is 0. The summed E-state index contributed by atoms with van der Waals surface area (Å²) in [5.74, 6) is -0.298. The van der Waals surface area contributed by atoms with E-state index in [-0.39, 0.29) is 17.1 Å². The number of hydrogen-bond donors (Lipinski definition) is 1. The number of amidine groups is 1. The van der Waals surface area contributed by atoms with Crippen molar-refractivity contribution in [3.8, 4) is 0 Å². The minimum Gasteiger partial charge on any atom is -0.267 e. The number of hydrazone groups is 1. The van der Waals surface area contributed by atoms with Crippen LogP contribution in [0.1, 0.15) is 15.2 Å². The molecular weight excluding hydrogens is 424 g/mol. The molecule has 148 valence electrons. The number of nitrogens with zero attached hydrogens (tertiary/aromatic N) is 5. The fraction of sp³-hybridized carbons (Fsp3) is 0. The molecule has 0 spiro atoms. The first kappa shape index (κ1) is 19.5. The summed E-state index contributed by atoms with van der Waals surface area (Å²) in [6.07, 6.45) is 0. The Morgan fingerprint density at radius 3 is 2.57 bits per heavy atom. The van der Waals surface area contributed by atoms with E-state index >= 15 is 0 Å². The molecular formula is C19H12N6O3S2. The second-order valence-corrected chi connectivity index (χ2v) is 7.78. The molecule has 0 saturated heterocycles. The van der Waals surface area contributed by atoms with Gasteiger partial charge in [-0.2, -0.15) is 0 Å². The van der Waals surface area contributed by atoms with Crippen LogP contribution in [0.2, 0.25) is 0 Å². The summed E-state index contributed by atoms with van der Waals surface area (Å²) in [4.78, 5) is 27.6. The third kappa shape index (κ3) is 4.42. The summed E-state index contributed by atoms with van der Waals surface area (Å²) in [7, 11) is 0. The molecule has 2 aromatic heterocycles. The third-order valence-corrected chi connectivity index (χ3v) is 5.64. The monoisotopic (exact) mass is 436 g/mol. The smallest absolute Gasteiger partial charge is 0.267 e. The van der Waals surface area contributed by atoms with Gasteiger partial charge in [-0.1, -0.05) is 29.5 Å². The van der Waals surface area contributed by atoms with Gasteiger partial charge in [-0.05, 0) is 35.7 Å². The lowest BCUT2D eigenvalue weighted by atomic mass is 10.2. The zero-order valence-corrected chi connectivity index (χ0v) is 16.8. The maximum absolute atomic E-state index is 12.3. The van der Waals surface area contributed by atoms with Gasteiger partial charge in [0.25, 0.3) is 11.6 Å². The molecule has 4 rings (SSSR count). The van der Waals surface area contributed by atoms with E-state index in [0.29, 0.717) is 10.0 Å². The highest BCUT2D eigenvalue weighted by Crippen LogP contribution is 2.28. The number of rotatable bonds is 5. The predicted molar refractivity (Wildman–Crippen MR) is 116 cm³/mol. The molecule has 0 unspecified atom stereocenters. The van der Waals surface area contributed by atoms with Crippen molar-refractivity contribution in [2.24, 2.45) is 15.3 Å². The van der Waals surface area contributed by atoms with E-state index in [1.165, 1.54) is 46.9 Å². The van der Waals surface area contributed by atoms with Crippen LogP contribution in [0.15, 0.2) is 81.4 Å². The van der Waals surface area contributed by atoms with Crippen molar-refractivity contribution in [1.29, 1.82) is 0 Å². The van der Waals surface area contributed by atoms with Crippen molar-refractivity contribution in [2.75, 3.05) is 0 Å². The summed E-state index contributed by atoms with van der Waals surface area (Å²) in [5, 5.41) is 25.5. The minimum atomic E-state index is -0.531. The van der Waals surface area contributed by atoms with Crippen LogP contribution in [0.4, 0.5) is 10.8 Å². The summed E-state index contributed by atoms with van der Waals surface area (Å²) in [6, 6.07) is 16.5. The second-order valence-electron chi connectivity index (χ2n) is 5.82. The lowest BCUT2D eigenvalue weighted by Crippen LogP contribution is -2.19. The highest BCUT2D eigenvalue weighted by atomic mass is 32.1. The Balaban J connectivity index is 1.55. The summed E-state index contributed by atoms with van der Waals surface area (Å²) in [5.41, 5.74) is 3.38. The quantitative estimate of drug-likeness (QED) is 0.153. The molecule has 11 heteroatoms. The van der Waals surface area contributed by atoms with Gasteiger partial charge in [-0.25, -0.2) is 10.4 Å². The van der Waals surface area contributed by atoms with Crippen molar-refractivity contribution in [3.05, 3.63) is 86.6 Å². The third-order valence-electron chi connectivity index (χ3n) is 3.86. The summed E-state index contributed by atoms with van der Waals surface area (Å²) < 4.78 is 0.993. The SMILES string of the molecule is O=C(N/N=C(\N=Nc1nc2ccccc2s1)c1cccs1)c1ccc([N+](=O)[O-])cc1. The van der Waals surface area contributed by atoms with E-state index in [9.17, 15) is 14.9 Å². The second kappa shape index (κ2) is 8.68. The predicted octanol–water partition coefficient (Wildman–Crippen LogP) is 5.14. The van der Waals surface area contributed by atoms with Crippen LogP contribution in [0, 0.1) is 10.1 Å². The van der Waals surface area contributed by atoms with E-state index in [1.807, 2.05) is 35.7 Å². The number of benzene rings is 2. The molecule has 0 bridgehead atoms. The number of nitro benzene ring substituents is 1. The van der Waals surface area contributed by atoms with E-state index < -0.39 is 10.8 Å². The van der Waals surface area contributed by atoms with Crippen LogP contribution < -0.4 is 5.43 Å². The Kier molecular flexibility index (Phi) is 5.63. The number of azo groups is 1. The van der Waals surface area contributed by atoms with Crippen molar-refractivity contribution >= 4 is 55.5 Å². The molecule has 0 saturated carbocycles. The van der Waals surface area contributed by atoms with Crippen molar-refractivity contribution < 1.29 is 9.72 Å². The number of amides is 1. The van der Waals surface area contributed by atoms with Gasteiger partial charge in [0.2, 0.25) is 11.0 Å². The van der Waals surface area contributed by atoms with Crippen LogP contribution in [0.5, 0.6) is 0 Å². The van der Waals surface area contributed by atoms with Crippen molar-refractivity contribution in [3.63, 3.8) is 0 Å². The molecule has 0 aliphatic heterocycles. The topological polar surface area (TPSA) is 122 Å². The van der Waals surface area contributed by atoms with E-state index in [1.54, 1.807) is 6.07 Å². The fourth-order valence-corrected chi connectivity index (χ4v) is 3.87. The Morgan fingerprint density at radius 1 is 1.07 bits per heavy atom. The standard InChI is InChI=1S/C19H12N6O3S2/c26-18(12-7-9-13(10-8-12)25(27)28)23-21-17(16-6-3-11-29-16)22-24-19-20-14-4-1-2-5-15(14)30-19/h1-11H,(H,23,26)/b21-17-,24-22?. The van der Waals surface area contributed by atoms with Crippen LogP contribution in [-0.2, 0) is 0 Å². The molecule has 1 N–H and O–H groups in total. The zero-order chi connectivity index (χ0) is 20.9. The maximum atomic E-state index is 12.3. The van der Waals surface area contributed by atoms with Crippen LogP contribution in [0.3, 0.4) is 0 Å². The molecule has 4 aromatic rings. The molecule has 2 heterocycles. The number of nitro groups is 1. The molecule has 0 aliphatic rings. The summed E-state index contributed by atoms with van der Waals surface area (Å²) >= 11 is 2.79. The molecule has 0 fully saturated rings. The number of nitrogens with one attached hydrogen (secondary N) is 1. The molecule has 2 aromatic carbocycles. The minimum absolute atomic E-state index is 0.0982. The molecule has 30 heavy (non-hydrogen) atoms. The highest BCUT2D eigenvalue weighted by molar-refractivity contribution is 7.21. The van der Waals surface area contributed by atoms with Gasteiger partial charge >= 0.3 is 0 Å². The number of para-hydroxylation sites is 1. The largest absolute Gasteiger partial charge is 0.271 e. The average Bonchev–Trinajstić information content (AvgIpc) is 3.43.